The molecule has 0 bridgehead atoms. The van der Waals surface area contributed by atoms with Crippen LogP contribution >= 0.6 is 23.2 Å². The van der Waals surface area contributed by atoms with Crippen LogP contribution in [0, 0.1) is 5.82 Å². The van der Waals surface area contributed by atoms with Crippen LogP contribution < -0.4 is 11.1 Å². The highest BCUT2D eigenvalue weighted by atomic mass is 35.5. The highest BCUT2D eigenvalue weighted by Crippen LogP contribution is 2.30. The van der Waals surface area contributed by atoms with Crippen LogP contribution in [-0.2, 0) is 6.42 Å². The molecule has 3 aromatic carbocycles. The van der Waals surface area contributed by atoms with Crippen LogP contribution in [-0.4, -0.2) is 15.9 Å². The number of hydrogen-bond donors (Lipinski definition) is 2. The molecule has 0 spiro atoms. The molecule has 4 aromatic rings. The summed E-state index contributed by atoms with van der Waals surface area (Å²) >= 11 is 12.3. The zero-order chi connectivity index (χ0) is 22.7. The first-order chi connectivity index (χ1) is 15.4. The minimum atomic E-state index is -0.559. The summed E-state index contributed by atoms with van der Waals surface area (Å²) in [5.74, 6) is -0.579. The molecule has 160 valence electrons. The van der Waals surface area contributed by atoms with Gasteiger partial charge in [-0.15, -0.1) is 0 Å². The lowest BCUT2D eigenvalue weighted by Gasteiger charge is -2.15. The van der Waals surface area contributed by atoms with E-state index in [1.54, 1.807) is 60.9 Å². The number of anilines is 2. The normalized spacial score (nSPS) is 10.7. The predicted octanol–water partition coefficient (Wildman–Crippen LogP) is 6.02. The molecule has 5 nitrogen and oxygen atoms in total. The number of carbonyl (C=O) groups excluding carboxylic acids is 1. The lowest BCUT2D eigenvalue weighted by molar-refractivity contribution is 0.0999. The summed E-state index contributed by atoms with van der Waals surface area (Å²) in [5, 5.41) is 4.14. The number of rotatable bonds is 6. The molecule has 0 unspecified atom stereocenters. The maximum Gasteiger partial charge on any atom is 0.249 e. The molecule has 0 atom stereocenters. The van der Waals surface area contributed by atoms with Gasteiger partial charge in [0.25, 0.3) is 0 Å². The van der Waals surface area contributed by atoms with Crippen LogP contribution in [0.3, 0.4) is 0 Å². The Morgan fingerprint density at radius 3 is 2.41 bits per heavy atom. The van der Waals surface area contributed by atoms with Crippen molar-refractivity contribution < 1.29 is 9.18 Å². The first kappa shape index (κ1) is 21.7. The predicted molar refractivity (Wildman–Crippen MR) is 125 cm³/mol. The average molecular weight is 467 g/mol. The number of nitrogens with zero attached hydrogens (tertiary/aromatic N) is 2. The number of benzene rings is 3. The van der Waals surface area contributed by atoms with Crippen molar-refractivity contribution >= 4 is 40.7 Å². The number of amides is 1. The number of nitrogens with one attached hydrogen (secondary N) is 1. The molecule has 0 aliphatic rings. The highest BCUT2D eigenvalue weighted by Gasteiger charge is 2.16. The Balaban J connectivity index is 1.66. The van der Waals surface area contributed by atoms with Crippen LogP contribution in [0.25, 0.3) is 11.1 Å². The maximum atomic E-state index is 13.5. The van der Waals surface area contributed by atoms with Crippen molar-refractivity contribution in [2.24, 2.45) is 5.73 Å². The molecule has 1 aromatic heterocycles. The second-order valence-electron chi connectivity index (χ2n) is 7.04. The minimum Gasteiger partial charge on any atom is -0.366 e. The molecule has 1 amide bonds. The van der Waals surface area contributed by atoms with Crippen molar-refractivity contribution in [1.29, 1.82) is 0 Å². The summed E-state index contributed by atoms with van der Waals surface area (Å²) in [6, 6.07) is 16.5. The van der Waals surface area contributed by atoms with Gasteiger partial charge in [0.15, 0.2) is 0 Å². The van der Waals surface area contributed by atoms with E-state index in [1.165, 1.54) is 12.1 Å². The molecular weight excluding hydrogens is 450 g/mol. The van der Waals surface area contributed by atoms with Crippen molar-refractivity contribution in [3.8, 4) is 11.1 Å². The van der Waals surface area contributed by atoms with Gasteiger partial charge in [-0.05, 0) is 53.1 Å². The summed E-state index contributed by atoms with van der Waals surface area (Å²) in [6.07, 6.45) is 3.54. The Kier molecular flexibility index (Phi) is 6.35. The van der Waals surface area contributed by atoms with E-state index in [0.29, 0.717) is 50.4 Å². The van der Waals surface area contributed by atoms with Gasteiger partial charge in [-0.1, -0.05) is 47.5 Å². The standard InChI is InChI=1S/C24H17Cl2FN4O/c25-17-8-7-15(21(26)11-17)10-20-19(23(28)32)5-2-6-22(20)31-24-29-12-16(13-30-24)14-3-1-4-18(27)9-14/h1-9,11-13H,10H2,(H2,28,32)(H,29,30,31). The second kappa shape index (κ2) is 9.34. The SMILES string of the molecule is NC(=O)c1cccc(Nc2ncc(-c3cccc(F)c3)cn2)c1Cc1ccc(Cl)cc1Cl. The lowest BCUT2D eigenvalue weighted by atomic mass is 9.97. The van der Waals surface area contributed by atoms with Crippen molar-refractivity contribution in [2.45, 2.75) is 6.42 Å². The minimum absolute atomic E-state index is 0.315. The number of carbonyl (C=O) groups is 1. The van der Waals surface area contributed by atoms with Gasteiger partial charge in [-0.25, -0.2) is 14.4 Å². The zero-order valence-electron chi connectivity index (χ0n) is 16.6. The van der Waals surface area contributed by atoms with Crippen LogP contribution in [0.15, 0.2) is 73.1 Å². The van der Waals surface area contributed by atoms with Gasteiger partial charge in [-0.3, -0.25) is 4.79 Å². The molecule has 32 heavy (non-hydrogen) atoms. The fourth-order valence-electron chi connectivity index (χ4n) is 3.31. The molecule has 0 radical (unpaired) electrons. The van der Waals surface area contributed by atoms with Gasteiger partial charge in [0, 0.05) is 45.7 Å². The van der Waals surface area contributed by atoms with Gasteiger partial charge in [0.2, 0.25) is 11.9 Å². The van der Waals surface area contributed by atoms with Crippen molar-refractivity contribution in [3.05, 3.63) is 106 Å². The fraction of sp³-hybridized carbons (Fsp3) is 0.0417. The van der Waals surface area contributed by atoms with Crippen LogP contribution in [0.2, 0.25) is 10.0 Å². The van der Waals surface area contributed by atoms with Gasteiger partial charge in [0.05, 0.1) is 0 Å². The smallest absolute Gasteiger partial charge is 0.249 e. The average Bonchev–Trinajstić information content (AvgIpc) is 2.77. The highest BCUT2D eigenvalue weighted by molar-refractivity contribution is 6.35. The summed E-state index contributed by atoms with van der Waals surface area (Å²) in [6.45, 7) is 0. The Hall–Kier alpha value is -3.48. The monoisotopic (exact) mass is 466 g/mol. The Morgan fingerprint density at radius 2 is 1.72 bits per heavy atom. The number of hydrogen-bond acceptors (Lipinski definition) is 4. The number of nitrogens with two attached hydrogens (primary N) is 1. The molecule has 3 N–H and O–H groups in total. The number of halogens is 3. The Bertz CT molecular complexity index is 1300. The van der Waals surface area contributed by atoms with Gasteiger partial charge >= 0.3 is 0 Å². The summed E-state index contributed by atoms with van der Waals surface area (Å²) in [7, 11) is 0. The van der Waals surface area contributed by atoms with Crippen molar-refractivity contribution in [3.63, 3.8) is 0 Å². The van der Waals surface area contributed by atoms with Crippen molar-refractivity contribution in [2.75, 3.05) is 5.32 Å². The van der Waals surface area contributed by atoms with E-state index in [9.17, 15) is 9.18 Å². The van der Waals surface area contributed by atoms with E-state index in [2.05, 4.69) is 15.3 Å². The molecule has 0 fully saturated rings. The quantitative estimate of drug-likeness (QED) is 0.363. The third-order valence-corrected chi connectivity index (χ3v) is 5.47. The van der Waals surface area contributed by atoms with Gasteiger partial charge in [-0.2, -0.15) is 0 Å². The van der Waals surface area contributed by atoms with Crippen molar-refractivity contribution in [1.82, 2.24) is 9.97 Å². The van der Waals surface area contributed by atoms with E-state index >= 15 is 0 Å². The van der Waals surface area contributed by atoms with Gasteiger partial charge < -0.3 is 11.1 Å². The van der Waals surface area contributed by atoms with E-state index in [-0.39, 0.29) is 5.82 Å². The summed E-state index contributed by atoms with van der Waals surface area (Å²) in [5.41, 5.74) is 9.37. The number of primary amides is 1. The Labute approximate surface area is 194 Å². The topological polar surface area (TPSA) is 80.9 Å². The fourth-order valence-corrected chi connectivity index (χ4v) is 3.79. The first-order valence-corrected chi connectivity index (χ1v) is 10.4. The van der Waals surface area contributed by atoms with E-state index in [0.717, 1.165) is 5.56 Å². The molecule has 4 rings (SSSR count). The zero-order valence-corrected chi connectivity index (χ0v) is 18.2. The number of aromatic nitrogens is 2. The second-order valence-corrected chi connectivity index (χ2v) is 7.88. The van der Waals surface area contributed by atoms with E-state index in [4.69, 9.17) is 28.9 Å². The largest absolute Gasteiger partial charge is 0.366 e. The van der Waals surface area contributed by atoms with Gasteiger partial charge in [0.1, 0.15) is 5.82 Å². The molecule has 0 saturated heterocycles. The summed E-state index contributed by atoms with van der Waals surface area (Å²) in [4.78, 5) is 20.7. The third kappa shape index (κ3) is 4.88. The summed E-state index contributed by atoms with van der Waals surface area (Å²) < 4.78 is 13.5. The van der Waals surface area contributed by atoms with E-state index in [1.807, 2.05) is 0 Å². The lowest BCUT2D eigenvalue weighted by Crippen LogP contribution is -2.15. The first-order valence-electron chi connectivity index (χ1n) is 9.61. The molecule has 0 saturated carbocycles. The molecular formula is C24H17Cl2FN4O. The maximum absolute atomic E-state index is 13.5. The molecule has 1 heterocycles. The van der Waals surface area contributed by atoms with Crippen LogP contribution in [0.5, 0.6) is 0 Å². The molecule has 0 aliphatic carbocycles. The third-order valence-electron chi connectivity index (χ3n) is 4.88. The Morgan fingerprint density at radius 1 is 0.969 bits per heavy atom. The molecule has 0 aliphatic heterocycles. The van der Waals surface area contributed by atoms with Crippen LogP contribution in [0.4, 0.5) is 16.0 Å². The van der Waals surface area contributed by atoms with E-state index < -0.39 is 5.91 Å². The molecule has 8 heteroatoms. The van der Waals surface area contributed by atoms with Crippen LogP contribution in [0.1, 0.15) is 21.5 Å².